The number of fused-ring (bicyclic) bond motifs is 2. The first-order valence-corrected chi connectivity index (χ1v) is 12.9. The van der Waals surface area contributed by atoms with Crippen LogP contribution >= 0.6 is 0 Å². The number of aromatic nitrogens is 4. The fraction of sp³-hybridized carbons (Fsp3) is 0.519. The van der Waals surface area contributed by atoms with Gasteiger partial charge in [0.05, 0.1) is 35.6 Å². The van der Waals surface area contributed by atoms with Crippen LogP contribution in [0.4, 0.5) is 5.82 Å². The van der Waals surface area contributed by atoms with Gasteiger partial charge in [0, 0.05) is 24.1 Å². The zero-order chi connectivity index (χ0) is 23.6. The highest BCUT2D eigenvalue weighted by molar-refractivity contribution is 5.94. The van der Waals surface area contributed by atoms with E-state index >= 15 is 0 Å². The maximum Gasteiger partial charge on any atom is 0.274 e. The standard InChI is InChI=1S/C27H30N6O2/c34-23(27-10-16-4-3-5-17(11-27)24(16)27)13-29-25-18-8-9-33(14-22(18)30-15-31-25)26(35)21-12-28-19-6-1-2-7-20(19)32-21/h1-2,6-7,12,15-17,23-24,34H,3-5,8-11,13-14H2,(H,29,30,31). The van der Waals surface area contributed by atoms with Gasteiger partial charge in [0.15, 0.2) is 0 Å². The van der Waals surface area contributed by atoms with Gasteiger partial charge in [-0.15, -0.1) is 0 Å². The van der Waals surface area contributed by atoms with Crippen LogP contribution in [-0.4, -0.2) is 55.0 Å². The Balaban J connectivity index is 1.03. The van der Waals surface area contributed by atoms with Gasteiger partial charge in [-0.25, -0.2) is 15.0 Å². The van der Waals surface area contributed by atoms with Crippen molar-refractivity contribution in [3.05, 3.63) is 53.7 Å². The summed E-state index contributed by atoms with van der Waals surface area (Å²) in [6.45, 7) is 1.51. The first-order chi connectivity index (χ1) is 17.1. The zero-order valence-electron chi connectivity index (χ0n) is 19.7. The van der Waals surface area contributed by atoms with Crippen LogP contribution in [0, 0.1) is 23.2 Å². The third-order valence-corrected chi connectivity index (χ3v) is 9.20. The largest absolute Gasteiger partial charge is 0.391 e. The Morgan fingerprint density at radius 1 is 1.14 bits per heavy atom. The molecule has 3 saturated carbocycles. The Morgan fingerprint density at radius 2 is 1.94 bits per heavy atom. The Kier molecular flexibility index (Phi) is 4.81. The minimum absolute atomic E-state index is 0.136. The van der Waals surface area contributed by atoms with E-state index in [-0.39, 0.29) is 17.4 Å². The summed E-state index contributed by atoms with van der Waals surface area (Å²) < 4.78 is 0. The minimum atomic E-state index is -0.336. The molecule has 7 rings (SSSR count). The summed E-state index contributed by atoms with van der Waals surface area (Å²) in [5, 5.41) is 14.6. The van der Waals surface area contributed by atoms with Crippen molar-refractivity contribution < 1.29 is 9.90 Å². The molecule has 3 heterocycles. The molecule has 2 N–H and O–H groups in total. The summed E-state index contributed by atoms with van der Waals surface area (Å²) in [5.74, 6) is 3.09. The van der Waals surface area contributed by atoms with E-state index in [0.717, 1.165) is 40.3 Å². The molecular weight excluding hydrogens is 440 g/mol. The maximum atomic E-state index is 13.2. The predicted molar refractivity (Wildman–Crippen MR) is 130 cm³/mol. The lowest BCUT2D eigenvalue weighted by Gasteiger charge is -2.71. The van der Waals surface area contributed by atoms with Crippen molar-refractivity contribution in [3.63, 3.8) is 0 Å². The topological polar surface area (TPSA) is 104 Å². The molecule has 3 fully saturated rings. The lowest BCUT2D eigenvalue weighted by Crippen LogP contribution is -2.68. The van der Waals surface area contributed by atoms with E-state index in [1.54, 1.807) is 17.4 Å². The lowest BCUT2D eigenvalue weighted by molar-refractivity contribution is -0.252. The molecule has 1 amide bonds. The van der Waals surface area contributed by atoms with E-state index < -0.39 is 0 Å². The molecule has 0 radical (unpaired) electrons. The van der Waals surface area contributed by atoms with Crippen molar-refractivity contribution >= 4 is 22.8 Å². The van der Waals surface area contributed by atoms with E-state index in [1.165, 1.54) is 32.1 Å². The monoisotopic (exact) mass is 470 g/mol. The van der Waals surface area contributed by atoms with Gasteiger partial charge in [-0.2, -0.15) is 0 Å². The van der Waals surface area contributed by atoms with Gasteiger partial charge in [0.1, 0.15) is 17.8 Å². The number of aliphatic hydroxyl groups excluding tert-OH is 1. The molecule has 0 saturated heterocycles. The molecule has 8 heteroatoms. The summed E-state index contributed by atoms with van der Waals surface area (Å²) in [6, 6.07) is 7.56. The molecule has 35 heavy (non-hydrogen) atoms. The van der Waals surface area contributed by atoms with Crippen molar-refractivity contribution in [2.24, 2.45) is 23.2 Å². The van der Waals surface area contributed by atoms with Crippen LogP contribution in [0.5, 0.6) is 0 Å². The van der Waals surface area contributed by atoms with Crippen molar-refractivity contribution in [3.8, 4) is 0 Å². The van der Waals surface area contributed by atoms with Gasteiger partial charge in [-0.3, -0.25) is 9.78 Å². The highest BCUT2D eigenvalue weighted by Gasteiger charge is 2.68. The van der Waals surface area contributed by atoms with E-state index in [0.29, 0.717) is 37.3 Å². The molecule has 0 bridgehead atoms. The van der Waals surface area contributed by atoms with Crippen LogP contribution in [0.15, 0.2) is 36.8 Å². The van der Waals surface area contributed by atoms with Crippen LogP contribution in [0.1, 0.15) is 53.8 Å². The van der Waals surface area contributed by atoms with E-state index in [4.69, 9.17) is 0 Å². The molecule has 180 valence electrons. The number of rotatable bonds is 5. The van der Waals surface area contributed by atoms with Crippen LogP contribution in [0.25, 0.3) is 11.0 Å². The number of hydrogen-bond acceptors (Lipinski definition) is 7. The van der Waals surface area contributed by atoms with Gasteiger partial charge in [0.2, 0.25) is 0 Å². The average molecular weight is 471 g/mol. The fourth-order valence-corrected chi connectivity index (χ4v) is 7.59. The van der Waals surface area contributed by atoms with Crippen molar-refractivity contribution in [2.45, 2.75) is 51.2 Å². The van der Waals surface area contributed by atoms with Crippen LogP contribution < -0.4 is 5.32 Å². The predicted octanol–water partition coefficient (Wildman–Crippen LogP) is 3.22. The summed E-state index contributed by atoms with van der Waals surface area (Å²) in [4.78, 5) is 32.8. The Labute approximate surface area is 204 Å². The number of carbonyl (C=O) groups is 1. The van der Waals surface area contributed by atoms with Crippen LogP contribution in [0.3, 0.4) is 0 Å². The first-order valence-electron chi connectivity index (χ1n) is 12.9. The number of anilines is 1. The molecular formula is C27H30N6O2. The summed E-state index contributed by atoms with van der Waals surface area (Å²) in [5.41, 5.74) is 3.87. The van der Waals surface area contributed by atoms with Crippen molar-refractivity contribution in [1.82, 2.24) is 24.8 Å². The van der Waals surface area contributed by atoms with Gasteiger partial charge in [0.25, 0.3) is 5.91 Å². The quantitative estimate of drug-likeness (QED) is 0.590. The first kappa shape index (κ1) is 21.2. The summed E-state index contributed by atoms with van der Waals surface area (Å²) in [6.07, 6.45) is 9.88. The van der Waals surface area contributed by atoms with Gasteiger partial charge in [-0.05, 0) is 49.1 Å². The molecule has 8 nitrogen and oxygen atoms in total. The molecule has 2 aromatic heterocycles. The lowest BCUT2D eigenvalue weighted by atomic mass is 9.34. The molecule has 3 aromatic rings. The van der Waals surface area contributed by atoms with E-state index in [2.05, 4.69) is 25.3 Å². The number of para-hydroxylation sites is 2. The Hall–Kier alpha value is -3.13. The molecule has 3 unspecified atom stereocenters. The Morgan fingerprint density at radius 3 is 2.77 bits per heavy atom. The number of nitrogens with zero attached hydrogens (tertiary/aromatic N) is 5. The average Bonchev–Trinajstić information content (AvgIpc) is 2.87. The van der Waals surface area contributed by atoms with Gasteiger partial charge in [-0.1, -0.05) is 31.4 Å². The van der Waals surface area contributed by atoms with E-state index in [9.17, 15) is 9.90 Å². The van der Waals surface area contributed by atoms with E-state index in [1.807, 2.05) is 24.3 Å². The number of aliphatic hydroxyl groups is 1. The molecule has 3 atom stereocenters. The highest BCUT2D eigenvalue weighted by Crippen LogP contribution is 2.72. The van der Waals surface area contributed by atoms with Crippen LogP contribution in [-0.2, 0) is 13.0 Å². The van der Waals surface area contributed by atoms with Gasteiger partial charge >= 0.3 is 0 Å². The third kappa shape index (κ3) is 3.26. The molecule has 1 aliphatic heterocycles. The van der Waals surface area contributed by atoms with Crippen LogP contribution in [0.2, 0.25) is 0 Å². The summed E-state index contributed by atoms with van der Waals surface area (Å²) in [7, 11) is 0. The van der Waals surface area contributed by atoms with Gasteiger partial charge < -0.3 is 15.3 Å². The third-order valence-electron chi connectivity index (χ3n) is 9.20. The highest BCUT2D eigenvalue weighted by atomic mass is 16.3. The zero-order valence-corrected chi connectivity index (χ0v) is 19.7. The smallest absolute Gasteiger partial charge is 0.274 e. The molecule has 0 spiro atoms. The molecule has 4 aliphatic rings. The summed E-state index contributed by atoms with van der Waals surface area (Å²) >= 11 is 0. The number of hydrogen-bond donors (Lipinski definition) is 2. The Bertz CT molecular complexity index is 1300. The second-order valence-corrected chi connectivity index (χ2v) is 10.9. The number of carbonyl (C=O) groups excluding carboxylic acids is 1. The molecule has 3 aliphatic carbocycles. The number of benzene rings is 1. The maximum absolute atomic E-state index is 13.2. The number of nitrogens with one attached hydrogen (secondary N) is 1. The number of amides is 1. The second-order valence-electron chi connectivity index (χ2n) is 10.9. The van der Waals surface area contributed by atoms with Crippen molar-refractivity contribution in [2.75, 3.05) is 18.4 Å². The fourth-order valence-electron chi connectivity index (χ4n) is 7.59. The SMILES string of the molecule is O=C(c1cnc2ccccc2n1)N1CCc2c(ncnc2NCC(O)C23CC4CCCC(C2)C43)C1. The molecule has 1 aromatic carbocycles. The second kappa shape index (κ2) is 7.95. The van der Waals surface area contributed by atoms with Crippen molar-refractivity contribution in [1.29, 1.82) is 0 Å². The normalized spacial score (nSPS) is 29.4. The minimum Gasteiger partial charge on any atom is -0.391 e.